The first-order valence-corrected chi connectivity index (χ1v) is 8.32. The summed E-state index contributed by atoms with van der Waals surface area (Å²) < 4.78 is 37.6. The van der Waals surface area contributed by atoms with Crippen molar-refractivity contribution >= 4 is 27.9 Å². The minimum atomic E-state index is -0.771. The number of hydrogen-bond donors (Lipinski definition) is 2. The average Bonchev–Trinajstić information content (AvgIpc) is 2.44. The zero-order valence-electron chi connectivity index (χ0n) is 14.2. The number of carbonyl (C=O) groups is 2. The van der Waals surface area contributed by atoms with E-state index in [-0.39, 0.29) is 29.7 Å². The van der Waals surface area contributed by atoms with E-state index < -0.39 is 35.3 Å². The normalized spacial score (nSPS) is 12.4. The summed E-state index contributed by atoms with van der Waals surface area (Å²) in [5, 5.41) is 2.53. The van der Waals surface area contributed by atoms with Gasteiger partial charge in [0.25, 0.3) is 0 Å². The molecule has 0 fully saturated rings. The number of benzene rings is 1. The Morgan fingerprint density at radius 1 is 1.32 bits per heavy atom. The van der Waals surface area contributed by atoms with Gasteiger partial charge in [-0.3, -0.25) is 4.79 Å². The Morgan fingerprint density at radius 2 is 1.96 bits per heavy atom. The van der Waals surface area contributed by atoms with Crippen molar-refractivity contribution in [2.75, 3.05) is 6.61 Å². The van der Waals surface area contributed by atoms with Crippen LogP contribution in [0.3, 0.4) is 0 Å². The summed E-state index contributed by atoms with van der Waals surface area (Å²) in [6, 6.07) is 1.17. The maximum atomic E-state index is 13.9. The van der Waals surface area contributed by atoms with Crippen molar-refractivity contribution in [3.05, 3.63) is 28.2 Å². The summed E-state index contributed by atoms with van der Waals surface area (Å²) >= 11 is 2.88. The second-order valence-corrected chi connectivity index (χ2v) is 7.21. The zero-order valence-corrected chi connectivity index (χ0v) is 15.8. The van der Waals surface area contributed by atoms with E-state index in [9.17, 15) is 18.4 Å². The van der Waals surface area contributed by atoms with Crippen LogP contribution >= 0.6 is 15.9 Å². The summed E-state index contributed by atoms with van der Waals surface area (Å²) in [4.78, 5) is 22.8. The van der Waals surface area contributed by atoms with Gasteiger partial charge in [-0.05, 0) is 49.2 Å². The first kappa shape index (κ1) is 21.1. The van der Waals surface area contributed by atoms with E-state index in [2.05, 4.69) is 21.2 Å². The molecule has 0 aliphatic rings. The van der Waals surface area contributed by atoms with Crippen molar-refractivity contribution in [2.24, 2.45) is 5.73 Å². The van der Waals surface area contributed by atoms with Crippen LogP contribution in [-0.4, -0.2) is 30.3 Å². The largest absolute Gasteiger partial charge is 0.488 e. The molecule has 1 rings (SSSR count). The Labute approximate surface area is 153 Å². The van der Waals surface area contributed by atoms with E-state index in [0.29, 0.717) is 0 Å². The number of nitrogens with one attached hydrogen (secondary N) is 1. The molecule has 1 aromatic rings. The van der Waals surface area contributed by atoms with Crippen LogP contribution in [0.4, 0.5) is 13.6 Å². The molecule has 2 amide bonds. The Balaban J connectivity index is 2.76. The molecule has 0 saturated heterocycles. The number of nitrogens with two attached hydrogens (primary N) is 1. The number of rotatable bonds is 7. The number of amides is 2. The predicted octanol–water partition coefficient (Wildman–Crippen LogP) is 3.26. The highest BCUT2D eigenvalue weighted by Crippen LogP contribution is 2.26. The Bertz CT molecular complexity index is 635. The van der Waals surface area contributed by atoms with Crippen LogP contribution in [0.15, 0.2) is 16.6 Å². The van der Waals surface area contributed by atoms with E-state index in [1.54, 1.807) is 20.8 Å². The minimum Gasteiger partial charge on any atom is -0.488 e. The average molecular weight is 423 g/mol. The highest BCUT2D eigenvalue weighted by Gasteiger charge is 2.21. The fraction of sp³-hybridized carbons (Fsp3) is 0.500. The smallest absolute Gasteiger partial charge is 0.407 e. The van der Waals surface area contributed by atoms with Gasteiger partial charge in [-0.2, -0.15) is 0 Å². The van der Waals surface area contributed by atoms with Crippen molar-refractivity contribution in [2.45, 2.75) is 45.3 Å². The molecule has 0 heterocycles. The molecule has 0 spiro atoms. The van der Waals surface area contributed by atoms with Gasteiger partial charge < -0.3 is 20.5 Å². The van der Waals surface area contributed by atoms with E-state index in [0.717, 1.165) is 12.1 Å². The molecule has 9 heteroatoms. The van der Waals surface area contributed by atoms with Crippen LogP contribution in [0.5, 0.6) is 5.75 Å². The third-order valence-corrected chi connectivity index (χ3v) is 3.44. The van der Waals surface area contributed by atoms with E-state index in [1.807, 2.05) is 0 Å². The third kappa shape index (κ3) is 8.15. The van der Waals surface area contributed by atoms with Gasteiger partial charge in [-0.25, -0.2) is 13.6 Å². The van der Waals surface area contributed by atoms with Crippen LogP contribution in [0, 0.1) is 11.6 Å². The van der Waals surface area contributed by atoms with Crippen molar-refractivity contribution < 1.29 is 27.8 Å². The van der Waals surface area contributed by atoms with Gasteiger partial charge in [0, 0.05) is 12.5 Å². The zero-order chi connectivity index (χ0) is 19.2. The predicted molar refractivity (Wildman–Crippen MR) is 91.1 cm³/mol. The summed E-state index contributed by atoms with van der Waals surface area (Å²) in [6.45, 7) is 4.89. The van der Waals surface area contributed by atoms with Gasteiger partial charge in [0.2, 0.25) is 5.91 Å². The third-order valence-electron chi connectivity index (χ3n) is 2.86. The fourth-order valence-electron chi connectivity index (χ4n) is 1.82. The second kappa shape index (κ2) is 8.98. The SMILES string of the molecule is CC(C)(C)OC(=O)NC(CCC(N)=O)COc1cc(F)cc(Br)c1F. The van der Waals surface area contributed by atoms with Crippen LogP contribution in [0.25, 0.3) is 0 Å². The number of primary amides is 1. The molecular weight excluding hydrogens is 402 g/mol. The topological polar surface area (TPSA) is 90.6 Å². The van der Waals surface area contributed by atoms with Crippen LogP contribution in [0.1, 0.15) is 33.6 Å². The van der Waals surface area contributed by atoms with E-state index in [4.69, 9.17) is 15.2 Å². The van der Waals surface area contributed by atoms with Crippen molar-refractivity contribution in [3.63, 3.8) is 0 Å². The quantitative estimate of drug-likeness (QED) is 0.659. The number of hydrogen-bond acceptors (Lipinski definition) is 4. The minimum absolute atomic E-state index is 0.0147. The molecule has 0 bridgehead atoms. The lowest BCUT2D eigenvalue weighted by Crippen LogP contribution is -2.42. The summed E-state index contributed by atoms with van der Waals surface area (Å²) in [5.74, 6) is -2.33. The number of halogens is 3. The molecule has 0 aliphatic carbocycles. The monoisotopic (exact) mass is 422 g/mol. The molecule has 1 unspecified atom stereocenters. The standard InChI is InChI=1S/C16H21BrF2N2O4/c1-16(2,3)25-15(23)21-10(4-5-13(20)22)8-24-12-7-9(18)6-11(17)14(12)19/h6-7,10H,4-5,8H2,1-3H3,(H2,20,22)(H,21,23). The highest BCUT2D eigenvalue weighted by molar-refractivity contribution is 9.10. The van der Waals surface area contributed by atoms with Gasteiger partial charge in [0.15, 0.2) is 11.6 Å². The van der Waals surface area contributed by atoms with Crippen molar-refractivity contribution in [1.82, 2.24) is 5.32 Å². The second-order valence-electron chi connectivity index (χ2n) is 6.36. The molecule has 0 saturated carbocycles. The van der Waals surface area contributed by atoms with Crippen LogP contribution in [-0.2, 0) is 9.53 Å². The molecule has 0 aliphatic heterocycles. The Morgan fingerprint density at radius 3 is 2.52 bits per heavy atom. The van der Waals surface area contributed by atoms with Crippen LogP contribution in [0.2, 0.25) is 0 Å². The molecule has 1 aromatic carbocycles. The Hall–Kier alpha value is -1.90. The molecule has 25 heavy (non-hydrogen) atoms. The number of ether oxygens (including phenoxy) is 2. The first-order chi connectivity index (χ1) is 11.5. The van der Waals surface area contributed by atoms with Crippen molar-refractivity contribution in [1.29, 1.82) is 0 Å². The fourth-order valence-corrected chi connectivity index (χ4v) is 2.23. The highest BCUT2D eigenvalue weighted by atomic mass is 79.9. The van der Waals surface area contributed by atoms with E-state index >= 15 is 0 Å². The molecule has 6 nitrogen and oxygen atoms in total. The van der Waals surface area contributed by atoms with Gasteiger partial charge in [-0.1, -0.05) is 0 Å². The molecule has 3 N–H and O–H groups in total. The molecular formula is C16H21BrF2N2O4. The van der Waals surface area contributed by atoms with E-state index in [1.165, 1.54) is 0 Å². The molecule has 1 atom stereocenters. The maximum Gasteiger partial charge on any atom is 0.407 e. The Kier molecular flexibility index (Phi) is 7.60. The maximum absolute atomic E-state index is 13.9. The summed E-state index contributed by atoms with van der Waals surface area (Å²) in [5.41, 5.74) is 4.40. The lowest BCUT2D eigenvalue weighted by Gasteiger charge is -2.23. The summed E-state index contributed by atoms with van der Waals surface area (Å²) in [6.07, 6.45) is -0.572. The van der Waals surface area contributed by atoms with Gasteiger partial charge in [0.05, 0.1) is 10.5 Å². The molecule has 0 radical (unpaired) electrons. The first-order valence-electron chi connectivity index (χ1n) is 7.53. The van der Waals surface area contributed by atoms with Gasteiger partial charge in [0.1, 0.15) is 18.0 Å². The molecule has 140 valence electrons. The summed E-state index contributed by atoms with van der Waals surface area (Å²) in [7, 11) is 0. The van der Waals surface area contributed by atoms with Gasteiger partial charge in [-0.15, -0.1) is 0 Å². The number of alkyl carbamates (subject to hydrolysis) is 1. The van der Waals surface area contributed by atoms with Crippen molar-refractivity contribution in [3.8, 4) is 5.75 Å². The van der Waals surface area contributed by atoms with Gasteiger partial charge >= 0.3 is 6.09 Å². The molecule has 0 aromatic heterocycles. The number of carbonyl (C=O) groups excluding carboxylic acids is 2. The lowest BCUT2D eigenvalue weighted by atomic mass is 10.1. The van der Waals surface area contributed by atoms with Crippen LogP contribution < -0.4 is 15.8 Å². The lowest BCUT2D eigenvalue weighted by molar-refractivity contribution is -0.118.